The van der Waals surface area contributed by atoms with Gasteiger partial charge in [0.2, 0.25) is 0 Å². The van der Waals surface area contributed by atoms with E-state index >= 15 is 0 Å². The van der Waals surface area contributed by atoms with E-state index in [1.807, 2.05) is 49.6 Å². The molecule has 0 amide bonds. The molecule has 0 radical (unpaired) electrons. The van der Waals surface area contributed by atoms with Crippen LogP contribution in [0.3, 0.4) is 0 Å². The first-order valence-corrected chi connectivity index (χ1v) is 9.84. The van der Waals surface area contributed by atoms with E-state index in [1.54, 1.807) is 0 Å². The predicted molar refractivity (Wildman–Crippen MR) is 121 cm³/mol. The van der Waals surface area contributed by atoms with Gasteiger partial charge in [-0.25, -0.2) is 0 Å². The number of nitrogens with one attached hydrogen (secondary N) is 3. The zero-order valence-corrected chi connectivity index (χ0v) is 16.6. The molecule has 1 aliphatic rings. The highest BCUT2D eigenvalue weighted by Crippen LogP contribution is 2.36. The van der Waals surface area contributed by atoms with Gasteiger partial charge in [0.25, 0.3) is 0 Å². The van der Waals surface area contributed by atoms with Crippen LogP contribution in [0.2, 0.25) is 5.02 Å². The standard InChI is InChI=1S/C24H19ClN4/c1-14-9-10-15(19-13-27-12-16-5-2-3-6-17(16)19)11-18(14)22(26)24-28-21-8-4-7-20(25)23(21)29-24/h2-13,24,26,28-29H,1H3. The lowest BCUT2D eigenvalue weighted by molar-refractivity contribution is 1.10. The van der Waals surface area contributed by atoms with Gasteiger partial charge in [-0.3, -0.25) is 4.98 Å². The molecule has 0 saturated heterocycles. The number of hydrogen-bond donors (Lipinski definition) is 3. The van der Waals surface area contributed by atoms with Crippen molar-refractivity contribution in [3.63, 3.8) is 0 Å². The number of nitrogens with zero attached hydrogens (tertiary/aromatic N) is 1. The number of aryl methyl sites for hydroxylation is 1. The molecule has 3 N–H and O–H groups in total. The Morgan fingerprint density at radius 2 is 1.86 bits per heavy atom. The first kappa shape index (κ1) is 17.7. The van der Waals surface area contributed by atoms with Crippen LogP contribution >= 0.6 is 11.6 Å². The Morgan fingerprint density at radius 1 is 1.00 bits per heavy atom. The number of aromatic nitrogens is 1. The summed E-state index contributed by atoms with van der Waals surface area (Å²) >= 11 is 6.30. The van der Waals surface area contributed by atoms with Crippen molar-refractivity contribution in [2.75, 3.05) is 10.6 Å². The fraction of sp³-hybridized carbons (Fsp3) is 0.0833. The van der Waals surface area contributed by atoms with E-state index in [0.717, 1.165) is 44.4 Å². The van der Waals surface area contributed by atoms with Gasteiger partial charge in [-0.1, -0.05) is 54.1 Å². The Bertz CT molecular complexity index is 1260. The smallest absolute Gasteiger partial charge is 0.141 e. The van der Waals surface area contributed by atoms with Crippen molar-refractivity contribution in [3.8, 4) is 11.1 Å². The summed E-state index contributed by atoms with van der Waals surface area (Å²) < 4.78 is 0. The lowest BCUT2D eigenvalue weighted by Gasteiger charge is -2.17. The van der Waals surface area contributed by atoms with E-state index < -0.39 is 0 Å². The molecule has 0 spiro atoms. The molecule has 4 nitrogen and oxygen atoms in total. The molecule has 1 aromatic heterocycles. The number of anilines is 2. The number of rotatable bonds is 3. The Balaban J connectivity index is 1.54. The third-order valence-corrected chi connectivity index (χ3v) is 5.71. The van der Waals surface area contributed by atoms with Gasteiger partial charge in [0.1, 0.15) is 6.17 Å². The first-order chi connectivity index (χ1) is 14.1. The van der Waals surface area contributed by atoms with E-state index in [1.165, 1.54) is 0 Å². The van der Waals surface area contributed by atoms with Crippen molar-refractivity contribution in [3.05, 3.63) is 89.2 Å². The van der Waals surface area contributed by atoms with Gasteiger partial charge in [0.15, 0.2) is 0 Å². The molecular formula is C24H19ClN4. The summed E-state index contributed by atoms with van der Waals surface area (Å²) in [5, 5.41) is 18.5. The van der Waals surface area contributed by atoms with Crippen molar-refractivity contribution < 1.29 is 0 Å². The summed E-state index contributed by atoms with van der Waals surface area (Å²) in [6, 6.07) is 20.2. The molecule has 2 heterocycles. The van der Waals surface area contributed by atoms with Crippen molar-refractivity contribution in [2.45, 2.75) is 13.1 Å². The molecule has 0 aliphatic carbocycles. The number of benzene rings is 3. The summed E-state index contributed by atoms with van der Waals surface area (Å²) in [4.78, 5) is 4.41. The van der Waals surface area contributed by atoms with E-state index in [2.05, 4.69) is 45.9 Å². The van der Waals surface area contributed by atoms with Gasteiger partial charge in [-0.15, -0.1) is 0 Å². The van der Waals surface area contributed by atoms with Crippen LogP contribution in [0.25, 0.3) is 21.9 Å². The molecule has 4 aromatic rings. The molecule has 5 heteroatoms. The Kier molecular flexibility index (Phi) is 4.22. The number of para-hydroxylation sites is 1. The zero-order chi connectivity index (χ0) is 20.0. The molecule has 0 fully saturated rings. The third-order valence-electron chi connectivity index (χ3n) is 5.40. The van der Waals surface area contributed by atoms with Crippen molar-refractivity contribution in [2.24, 2.45) is 0 Å². The van der Waals surface area contributed by atoms with Crippen LogP contribution < -0.4 is 10.6 Å². The SMILES string of the molecule is Cc1ccc(-c2cncc3ccccc23)cc1C(=N)C1Nc2cccc(Cl)c2N1. The summed E-state index contributed by atoms with van der Waals surface area (Å²) in [5.74, 6) is 0. The molecule has 3 aromatic carbocycles. The van der Waals surface area contributed by atoms with Crippen LogP contribution in [0.1, 0.15) is 11.1 Å². The van der Waals surface area contributed by atoms with Crippen molar-refractivity contribution >= 4 is 39.5 Å². The van der Waals surface area contributed by atoms with Crippen LogP contribution in [0.4, 0.5) is 11.4 Å². The van der Waals surface area contributed by atoms with Crippen LogP contribution in [-0.2, 0) is 0 Å². The molecule has 1 aliphatic heterocycles. The van der Waals surface area contributed by atoms with Gasteiger partial charge >= 0.3 is 0 Å². The van der Waals surface area contributed by atoms with Gasteiger partial charge in [-0.2, -0.15) is 0 Å². The zero-order valence-electron chi connectivity index (χ0n) is 15.8. The summed E-state index contributed by atoms with van der Waals surface area (Å²) in [6.07, 6.45) is 3.44. The van der Waals surface area contributed by atoms with Crippen LogP contribution in [-0.4, -0.2) is 16.9 Å². The fourth-order valence-corrected chi connectivity index (χ4v) is 4.08. The van der Waals surface area contributed by atoms with Crippen molar-refractivity contribution in [1.29, 1.82) is 5.41 Å². The predicted octanol–water partition coefficient (Wildman–Crippen LogP) is 6.10. The first-order valence-electron chi connectivity index (χ1n) is 9.46. The summed E-state index contributed by atoms with van der Waals surface area (Å²) in [6.45, 7) is 2.03. The average molecular weight is 399 g/mol. The fourth-order valence-electron chi connectivity index (χ4n) is 3.85. The minimum atomic E-state index is -0.329. The second-order valence-corrected chi connectivity index (χ2v) is 7.64. The number of pyridine rings is 1. The van der Waals surface area contributed by atoms with E-state index in [-0.39, 0.29) is 6.17 Å². The second-order valence-electron chi connectivity index (χ2n) is 7.24. The molecule has 142 valence electrons. The minimum absolute atomic E-state index is 0.329. The van der Waals surface area contributed by atoms with Gasteiger partial charge in [-0.05, 0) is 41.6 Å². The largest absolute Gasteiger partial charge is 0.359 e. The van der Waals surface area contributed by atoms with E-state index in [9.17, 15) is 0 Å². The molecule has 1 atom stereocenters. The molecule has 0 saturated carbocycles. The monoisotopic (exact) mass is 398 g/mol. The van der Waals surface area contributed by atoms with E-state index in [4.69, 9.17) is 17.0 Å². The maximum atomic E-state index is 8.85. The van der Waals surface area contributed by atoms with Crippen molar-refractivity contribution in [1.82, 2.24) is 4.98 Å². The Hall–Kier alpha value is -3.37. The van der Waals surface area contributed by atoms with Gasteiger partial charge in [0.05, 0.1) is 22.1 Å². The van der Waals surface area contributed by atoms with Crippen LogP contribution in [0, 0.1) is 12.3 Å². The van der Waals surface area contributed by atoms with Crippen LogP contribution in [0.5, 0.6) is 0 Å². The third kappa shape index (κ3) is 3.02. The molecule has 5 rings (SSSR count). The topological polar surface area (TPSA) is 60.8 Å². The highest BCUT2D eigenvalue weighted by Gasteiger charge is 2.26. The molecular weight excluding hydrogens is 380 g/mol. The molecule has 0 bridgehead atoms. The van der Waals surface area contributed by atoms with Crippen LogP contribution in [0.15, 0.2) is 73.1 Å². The average Bonchev–Trinajstić information content (AvgIpc) is 3.19. The second kappa shape index (κ2) is 6.90. The lowest BCUT2D eigenvalue weighted by Crippen LogP contribution is -2.32. The maximum absolute atomic E-state index is 8.85. The summed E-state index contributed by atoms with van der Waals surface area (Å²) in [7, 11) is 0. The van der Waals surface area contributed by atoms with Gasteiger partial charge < -0.3 is 16.0 Å². The normalized spacial score (nSPS) is 14.9. The quantitative estimate of drug-likeness (QED) is 0.365. The molecule has 1 unspecified atom stereocenters. The maximum Gasteiger partial charge on any atom is 0.141 e. The number of hydrogen-bond acceptors (Lipinski definition) is 4. The number of halogens is 1. The Morgan fingerprint density at radius 3 is 2.72 bits per heavy atom. The highest BCUT2D eigenvalue weighted by atomic mass is 35.5. The molecule has 29 heavy (non-hydrogen) atoms. The Labute approximate surface area is 174 Å². The summed E-state index contributed by atoms with van der Waals surface area (Å²) in [5.41, 5.74) is 6.30. The number of fused-ring (bicyclic) bond motifs is 2. The van der Waals surface area contributed by atoms with E-state index in [0.29, 0.717) is 10.7 Å². The lowest BCUT2D eigenvalue weighted by atomic mass is 9.94. The highest BCUT2D eigenvalue weighted by molar-refractivity contribution is 6.34. The van der Waals surface area contributed by atoms with Gasteiger partial charge in [0, 0.05) is 28.9 Å². The minimum Gasteiger partial charge on any atom is -0.359 e.